The molecule has 0 bridgehead atoms. The first kappa shape index (κ1) is 19.7. The third-order valence-corrected chi connectivity index (χ3v) is 1.95. The number of nitrogens with zero attached hydrogens (tertiary/aromatic N) is 1. The van der Waals surface area contributed by atoms with E-state index in [0.717, 1.165) is 12.1 Å². The lowest BCUT2D eigenvalue weighted by atomic mass is 10.1. The monoisotopic (exact) mass is 259 g/mol. The molecule has 19 heavy (non-hydrogen) atoms. The van der Waals surface area contributed by atoms with Gasteiger partial charge in [0.25, 0.3) is 0 Å². The third-order valence-electron chi connectivity index (χ3n) is 1.95. The van der Waals surface area contributed by atoms with Gasteiger partial charge in [0, 0.05) is 18.3 Å². The Bertz CT molecular complexity index is 316. The van der Waals surface area contributed by atoms with Gasteiger partial charge in [-0.05, 0) is 17.7 Å². The topological polar surface area (TPSA) is 12.9 Å². The zero-order valence-electron chi connectivity index (χ0n) is 13.4. The van der Waals surface area contributed by atoms with Crippen LogP contribution in [-0.2, 0) is 6.42 Å². The number of rotatable bonds is 2. The van der Waals surface area contributed by atoms with Crippen LogP contribution in [0, 0.1) is 0 Å². The van der Waals surface area contributed by atoms with Crippen molar-refractivity contribution in [2.24, 2.45) is 0 Å². The summed E-state index contributed by atoms with van der Waals surface area (Å²) < 4.78 is 0. The second-order valence-corrected chi connectivity index (χ2v) is 2.98. The van der Waals surface area contributed by atoms with Crippen molar-refractivity contribution in [2.75, 3.05) is 0 Å². The minimum atomic E-state index is 0.918. The summed E-state index contributed by atoms with van der Waals surface area (Å²) >= 11 is 0. The first-order valence-corrected chi connectivity index (χ1v) is 7.39. The molecule has 1 heterocycles. The lowest BCUT2D eigenvalue weighted by Gasteiger charge is -1.99. The Morgan fingerprint density at radius 3 is 1.68 bits per heavy atom. The Labute approximate surface area is 119 Å². The van der Waals surface area contributed by atoms with Crippen molar-refractivity contribution in [1.82, 2.24) is 4.98 Å². The molecule has 0 aliphatic rings. The van der Waals surface area contributed by atoms with Gasteiger partial charge >= 0.3 is 0 Å². The zero-order chi connectivity index (χ0) is 14.9. The van der Waals surface area contributed by atoms with Crippen molar-refractivity contribution in [1.29, 1.82) is 0 Å². The van der Waals surface area contributed by atoms with Crippen molar-refractivity contribution in [3.8, 4) is 0 Å². The van der Waals surface area contributed by atoms with E-state index in [-0.39, 0.29) is 0 Å². The fraction of sp³-hybridized carbons (Fsp3) is 0.389. The van der Waals surface area contributed by atoms with Crippen molar-refractivity contribution >= 4 is 0 Å². The fourth-order valence-corrected chi connectivity index (χ4v) is 1.31. The van der Waals surface area contributed by atoms with Crippen LogP contribution in [0.3, 0.4) is 0 Å². The van der Waals surface area contributed by atoms with Gasteiger partial charge < -0.3 is 0 Å². The van der Waals surface area contributed by atoms with Gasteiger partial charge in [0.15, 0.2) is 0 Å². The van der Waals surface area contributed by atoms with E-state index in [1.165, 1.54) is 5.56 Å². The quantitative estimate of drug-likeness (QED) is 0.669. The van der Waals surface area contributed by atoms with E-state index in [1.54, 1.807) is 0 Å². The van der Waals surface area contributed by atoms with Crippen molar-refractivity contribution < 1.29 is 0 Å². The summed E-state index contributed by atoms with van der Waals surface area (Å²) in [5.74, 6) is 0. The van der Waals surface area contributed by atoms with Gasteiger partial charge in [0.1, 0.15) is 0 Å². The highest BCUT2D eigenvalue weighted by atomic mass is 14.7. The van der Waals surface area contributed by atoms with Crippen LogP contribution < -0.4 is 0 Å². The van der Waals surface area contributed by atoms with Gasteiger partial charge in [-0.15, -0.1) is 0 Å². The Morgan fingerprint density at radius 1 is 0.684 bits per heavy atom. The predicted molar refractivity (Wildman–Crippen MR) is 87.5 cm³/mol. The molecular formula is C18H29N. The highest BCUT2D eigenvalue weighted by molar-refractivity contribution is 5.21. The van der Waals surface area contributed by atoms with Crippen LogP contribution in [0.15, 0.2) is 54.7 Å². The van der Waals surface area contributed by atoms with E-state index < -0.39 is 0 Å². The zero-order valence-corrected chi connectivity index (χ0v) is 13.4. The lowest BCUT2D eigenvalue weighted by Crippen LogP contribution is -1.89. The molecule has 0 aliphatic carbocycles. The largest absolute Gasteiger partial charge is 0.261 e. The van der Waals surface area contributed by atoms with Crippen molar-refractivity contribution in [3.05, 3.63) is 66.0 Å². The molecule has 0 saturated heterocycles. The van der Waals surface area contributed by atoms with E-state index in [0.29, 0.717) is 0 Å². The summed E-state index contributed by atoms with van der Waals surface area (Å²) in [4.78, 5) is 4.27. The molecule has 0 radical (unpaired) electrons. The Kier molecular flexibility index (Phi) is 17.0. The molecule has 0 atom stereocenters. The molecule has 1 aromatic carbocycles. The summed E-state index contributed by atoms with van der Waals surface area (Å²) in [6.45, 7) is 12.0. The predicted octanol–water partition coefficient (Wildman–Crippen LogP) is 5.75. The van der Waals surface area contributed by atoms with Crippen LogP contribution >= 0.6 is 0 Å². The average molecular weight is 259 g/mol. The number of hydrogen-bond donors (Lipinski definition) is 0. The second kappa shape index (κ2) is 16.4. The van der Waals surface area contributed by atoms with Crippen molar-refractivity contribution in [2.45, 2.75) is 48.0 Å². The first-order chi connectivity index (χ1) is 9.45. The third kappa shape index (κ3) is 10.0. The molecule has 0 spiro atoms. The molecule has 0 saturated carbocycles. The summed E-state index contributed by atoms with van der Waals surface area (Å²) in [5.41, 5.74) is 2.43. The molecule has 0 N–H and O–H groups in total. The molecule has 0 aliphatic heterocycles. The Balaban J connectivity index is 0. The Morgan fingerprint density at radius 2 is 1.21 bits per heavy atom. The maximum Gasteiger partial charge on any atom is 0.0447 e. The first-order valence-electron chi connectivity index (χ1n) is 7.39. The van der Waals surface area contributed by atoms with Gasteiger partial charge in [-0.3, -0.25) is 4.98 Å². The van der Waals surface area contributed by atoms with E-state index in [4.69, 9.17) is 0 Å². The molecule has 2 rings (SSSR count). The summed E-state index contributed by atoms with van der Waals surface area (Å²) in [5, 5.41) is 0. The van der Waals surface area contributed by atoms with Gasteiger partial charge in [0.05, 0.1) is 0 Å². The molecule has 0 amide bonds. The maximum absolute atomic E-state index is 4.27. The molecule has 0 fully saturated rings. The highest BCUT2D eigenvalue weighted by Gasteiger charge is 1.94. The molecule has 1 heteroatoms. The van der Waals surface area contributed by atoms with Crippen LogP contribution in [-0.4, -0.2) is 4.98 Å². The van der Waals surface area contributed by atoms with E-state index in [1.807, 2.05) is 72.0 Å². The lowest BCUT2D eigenvalue weighted by molar-refractivity contribution is 1.07. The van der Waals surface area contributed by atoms with Crippen LogP contribution in [0.4, 0.5) is 0 Å². The van der Waals surface area contributed by atoms with Crippen LogP contribution in [0.25, 0.3) is 0 Å². The summed E-state index contributed by atoms with van der Waals surface area (Å²) in [6, 6.07) is 16.4. The highest BCUT2D eigenvalue weighted by Crippen LogP contribution is 2.05. The number of pyridine rings is 1. The molecule has 1 aromatic heterocycles. The molecule has 0 unspecified atom stereocenters. The summed E-state index contributed by atoms with van der Waals surface area (Å²) in [7, 11) is 0. The van der Waals surface area contributed by atoms with Crippen LogP contribution in [0.1, 0.15) is 52.8 Å². The standard InChI is InChI=1S/C12H11N.3C2H6/c1-2-6-11(7-3-1)10-12-8-4-5-9-13-12;3*1-2/h1-9H,10H2;3*1-2H3. The van der Waals surface area contributed by atoms with Gasteiger partial charge in [-0.1, -0.05) is 77.9 Å². The summed E-state index contributed by atoms with van der Waals surface area (Å²) in [6.07, 6.45) is 2.75. The van der Waals surface area contributed by atoms with Gasteiger partial charge in [-0.25, -0.2) is 0 Å². The second-order valence-electron chi connectivity index (χ2n) is 2.98. The maximum atomic E-state index is 4.27. The molecule has 106 valence electrons. The van der Waals surface area contributed by atoms with E-state index in [2.05, 4.69) is 29.2 Å². The molecule has 1 nitrogen and oxygen atoms in total. The SMILES string of the molecule is CC.CC.CC.c1ccc(Cc2ccccn2)cc1. The average Bonchev–Trinajstić information content (AvgIpc) is 2.55. The van der Waals surface area contributed by atoms with Gasteiger partial charge in [0.2, 0.25) is 0 Å². The molecule has 2 aromatic rings. The van der Waals surface area contributed by atoms with E-state index in [9.17, 15) is 0 Å². The van der Waals surface area contributed by atoms with Gasteiger partial charge in [-0.2, -0.15) is 0 Å². The van der Waals surface area contributed by atoms with Crippen molar-refractivity contribution in [3.63, 3.8) is 0 Å². The number of aromatic nitrogens is 1. The minimum absolute atomic E-state index is 0.918. The number of hydrogen-bond acceptors (Lipinski definition) is 1. The normalized spacial score (nSPS) is 7.68. The molecular weight excluding hydrogens is 230 g/mol. The minimum Gasteiger partial charge on any atom is -0.261 e. The smallest absolute Gasteiger partial charge is 0.0447 e. The van der Waals surface area contributed by atoms with Crippen LogP contribution in [0.2, 0.25) is 0 Å². The fourth-order valence-electron chi connectivity index (χ4n) is 1.31. The van der Waals surface area contributed by atoms with E-state index >= 15 is 0 Å². The number of benzene rings is 1. The van der Waals surface area contributed by atoms with Crippen LogP contribution in [0.5, 0.6) is 0 Å². The Hall–Kier alpha value is -1.63.